The van der Waals surface area contributed by atoms with Crippen LogP contribution in [-0.2, 0) is 0 Å². The third-order valence-electron chi connectivity index (χ3n) is 11.0. The van der Waals surface area contributed by atoms with E-state index in [2.05, 4.69) is 19.9 Å². The smallest absolute Gasteiger partial charge is 0.201 e. The van der Waals surface area contributed by atoms with E-state index in [0.717, 1.165) is 55.9 Å². The molecular formula is C43H54F4O. The lowest BCUT2D eigenvalue weighted by Crippen LogP contribution is -2.23. The van der Waals surface area contributed by atoms with E-state index >= 15 is 13.2 Å². The van der Waals surface area contributed by atoms with E-state index < -0.39 is 23.3 Å². The van der Waals surface area contributed by atoms with Gasteiger partial charge in [-0.1, -0.05) is 127 Å². The van der Waals surface area contributed by atoms with Gasteiger partial charge in [0.15, 0.2) is 23.2 Å². The fourth-order valence-electron chi connectivity index (χ4n) is 7.94. The summed E-state index contributed by atoms with van der Waals surface area (Å²) in [6, 6.07) is 12.7. The van der Waals surface area contributed by atoms with Gasteiger partial charge >= 0.3 is 0 Å². The molecule has 0 bridgehead atoms. The van der Waals surface area contributed by atoms with Gasteiger partial charge in [0.05, 0.1) is 6.61 Å². The predicted octanol–water partition coefficient (Wildman–Crippen LogP) is 13.9. The van der Waals surface area contributed by atoms with Crippen molar-refractivity contribution < 1.29 is 22.3 Å². The summed E-state index contributed by atoms with van der Waals surface area (Å²) in [7, 11) is 0. The van der Waals surface area contributed by atoms with Crippen molar-refractivity contribution in [1.29, 1.82) is 0 Å². The van der Waals surface area contributed by atoms with E-state index in [0.29, 0.717) is 29.2 Å². The molecule has 3 aromatic rings. The summed E-state index contributed by atoms with van der Waals surface area (Å²) in [6.45, 7) is 4.77. The standard InChI is InChI=1S/C43H54F4O/c1-3-5-7-8-9-11-29-48-39-28-27-38(42(46)43(39)47)35-23-21-34(22-24-35)37-26-25-36(40(44)41(37)45)33-19-17-32(18-20-33)31-15-13-30(14-16-31)12-10-6-4-2/h19,21-28,30-32H,3-18,20,29H2,1-2H3. The molecule has 5 heteroatoms. The molecule has 1 nitrogen and oxygen atoms in total. The molecule has 1 atom stereocenters. The molecule has 48 heavy (non-hydrogen) atoms. The normalized spacial score (nSPS) is 19.7. The highest BCUT2D eigenvalue weighted by Gasteiger charge is 2.29. The minimum atomic E-state index is -1.01. The van der Waals surface area contributed by atoms with Crippen LogP contribution in [0.15, 0.2) is 54.6 Å². The molecule has 1 saturated carbocycles. The highest BCUT2D eigenvalue weighted by atomic mass is 19.2. The number of halogens is 4. The summed E-state index contributed by atoms with van der Waals surface area (Å²) in [5.41, 5.74) is 2.41. The number of ether oxygens (including phenoxy) is 1. The zero-order valence-corrected chi connectivity index (χ0v) is 29.1. The number of hydrogen-bond acceptors (Lipinski definition) is 1. The lowest BCUT2D eigenvalue weighted by molar-refractivity contribution is 0.187. The van der Waals surface area contributed by atoms with Crippen LogP contribution < -0.4 is 4.74 Å². The summed E-state index contributed by atoms with van der Waals surface area (Å²) < 4.78 is 66.4. The van der Waals surface area contributed by atoms with Gasteiger partial charge in [-0.05, 0) is 85.1 Å². The van der Waals surface area contributed by atoms with Crippen molar-refractivity contribution in [1.82, 2.24) is 0 Å². The molecule has 0 heterocycles. The van der Waals surface area contributed by atoms with Crippen molar-refractivity contribution in [2.45, 2.75) is 123 Å². The largest absolute Gasteiger partial charge is 0.490 e. The molecule has 2 aliphatic rings. The van der Waals surface area contributed by atoms with Gasteiger partial charge in [0.25, 0.3) is 0 Å². The van der Waals surface area contributed by atoms with E-state index in [-0.39, 0.29) is 16.9 Å². The summed E-state index contributed by atoms with van der Waals surface area (Å²) in [6.07, 6.45) is 22.0. The molecule has 0 radical (unpaired) electrons. The van der Waals surface area contributed by atoms with Gasteiger partial charge in [0.2, 0.25) is 5.82 Å². The maximum absolute atomic E-state index is 15.5. The first kappa shape index (κ1) is 36.2. The Morgan fingerprint density at radius 1 is 0.562 bits per heavy atom. The summed E-state index contributed by atoms with van der Waals surface area (Å²) in [4.78, 5) is 0. The average Bonchev–Trinajstić information content (AvgIpc) is 3.11. The maximum Gasteiger partial charge on any atom is 0.201 e. The molecule has 0 aromatic heterocycles. The Bertz CT molecular complexity index is 1490. The highest BCUT2D eigenvalue weighted by molar-refractivity contribution is 5.74. The predicted molar refractivity (Wildman–Crippen MR) is 191 cm³/mol. The molecule has 260 valence electrons. The van der Waals surface area contributed by atoms with Gasteiger partial charge in [0.1, 0.15) is 0 Å². The highest BCUT2D eigenvalue weighted by Crippen LogP contribution is 2.43. The Morgan fingerprint density at radius 3 is 1.77 bits per heavy atom. The molecule has 0 spiro atoms. The molecule has 0 aliphatic heterocycles. The fourth-order valence-corrected chi connectivity index (χ4v) is 7.94. The van der Waals surface area contributed by atoms with Crippen LogP contribution in [0, 0.1) is 41.0 Å². The second kappa shape index (κ2) is 18.1. The van der Waals surface area contributed by atoms with Crippen LogP contribution in [0.1, 0.15) is 129 Å². The van der Waals surface area contributed by atoms with Gasteiger partial charge in [-0.2, -0.15) is 4.39 Å². The van der Waals surface area contributed by atoms with Gasteiger partial charge in [-0.3, -0.25) is 0 Å². The van der Waals surface area contributed by atoms with Gasteiger partial charge in [-0.25, -0.2) is 13.2 Å². The zero-order chi connectivity index (χ0) is 33.9. The van der Waals surface area contributed by atoms with E-state index in [1.54, 1.807) is 36.4 Å². The Kier molecular flexibility index (Phi) is 13.6. The molecule has 0 N–H and O–H groups in total. The first-order valence-corrected chi connectivity index (χ1v) is 18.8. The van der Waals surface area contributed by atoms with Crippen molar-refractivity contribution >= 4 is 5.57 Å². The Labute approximate surface area is 286 Å². The lowest BCUT2D eigenvalue weighted by Gasteiger charge is -2.35. The Hall–Kier alpha value is -3.08. The SMILES string of the molecule is CCCCCCCCOc1ccc(-c2ccc(-c3ccc(C4=CCC(C5CCC(CCCCC)CC5)CC4)c(F)c3F)cc2)c(F)c1F. The van der Waals surface area contributed by atoms with E-state index in [1.165, 1.54) is 82.8 Å². The summed E-state index contributed by atoms with van der Waals surface area (Å²) in [5.74, 6) is -1.51. The van der Waals surface area contributed by atoms with Crippen LogP contribution in [0.3, 0.4) is 0 Å². The number of benzene rings is 3. The first-order chi connectivity index (χ1) is 23.4. The average molecular weight is 663 g/mol. The van der Waals surface area contributed by atoms with Crippen molar-refractivity contribution in [3.05, 3.63) is 83.4 Å². The van der Waals surface area contributed by atoms with Crippen molar-refractivity contribution in [3.63, 3.8) is 0 Å². The van der Waals surface area contributed by atoms with Crippen LogP contribution in [0.25, 0.3) is 27.8 Å². The molecule has 0 amide bonds. The molecular weight excluding hydrogens is 608 g/mol. The van der Waals surface area contributed by atoms with Crippen LogP contribution in [0.5, 0.6) is 5.75 Å². The van der Waals surface area contributed by atoms with E-state index in [4.69, 9.17) is 4.74 Å². The molecule has 0 saturated heterocycles. The Balaban J connectivity index is 1.18. The van der Waals surface area contributed by atoms with Crippen LogP contribution >= 0.6 is 0 Å². The Morgan fingerprint density at radius 2 is 1.12 bits per heavy atom. The maximum atomic E-state index is 15.5. The summed E-state index contributed by atoms with van der Waals surface area (Å²) >= 11 is 0. The molecule has 3 aromatic carbocycles. The molecule has 1 unspecified atom stereocenters. The third kappa shape index (κ3) is 9.12. The zero-order valence-electron chi connectivity index (χ0n) is 29.1. The van der Waals surface area contributed by atoms with E-state index in [9.17, 15) is 4.39 Å². The molecule has 1 fully saturated rings. The van der Waals surface area contributed by atoms with Crippen molar-refractivity contribution in [3.8, 4) is 28.0 Å². The monoisotopic (exact) mass is 662 g/mol. The molecule has 2 aliphatic carbocycles. The van der Waals surface area contributed by atoms with E-state index in [1.807, 2.05) is 0 Å². The van der Waals surface area contributed by atoms with Crippen LogP contribution in [0.2, 0.25) is 0 Å². The van der Waals surface area contributed by atoms with Crippen molar-refractivity contribution in [2.75, 3.05) is 6.61 Å². The van der Waals surface area contributed by atoms with Gasteiger partial charge < -0.3 is 4.74 Å². The quantitative estimate of drug-likeness (QED) is 0.110. The third-order valence-corrected chi connectivity index (χ3v) is 11.0. The van der Waals surface area contributed by atoms with Crippen LogP contribution in [-0.4, -0.2) is 6.61 Å². The topological polar surface area (TPSA) is 9.23 Å². The second-order valence-electron chi connectivity index (χ2n) is 14.3. The number of unbranched alkanes of at least 4 members (excludes halogenated alkanes) is 7. The first-order valence-electron chi connectivity index (χ1n) is 18.8. The van der Waals surface area contributed by atoms with Gasteiger partial charge in [-0.15, -0.1) is 0 Å². The number of allylic oxidation sites excluding steroid dienone is 2. The van der Waals surface area contributed by atoms with Gasteiger partial charge in [0, 0.05) is 16.7 Å². The minimum absolute atomic E-state index is 0.0931. The van der Waals surface area contributed by atoms with Crippen LogP contribution in [0.4, 0.5) is 17.6 Å². The minimum Gasteiger partial charge on any atom is -0.490 e. The number of rotatable bonds is 16. The summed E-state index contributed by atoms with van der Waals surface area (Å²) in [5, 5.41) is 0. The second-order valence-corrected chi connectivity index (χ2v) is 14.3. The molecule has 5 rings (SSSR count). The fraction of sp³-hybridized carbons (Fsp3) is 0.535. The van der Waals surface area contributed by atoms with Crippen molar-refractivity contribution in [2.24, 2.45) is 17.8 Å². The lowest BCUT2D eigenvalue weighted by atomic mass is 9.70. The number of hydrogen-bond donors (Lipinski definition) is 0.